The topological polar surface area (TPSA) is 120 Å². The molecule has 0 bridgehead atoms. The summed E-state index contributed by atoms with van der Waals surface area (Å²) in [4.78, 5) is 32.6. The zero-order chi connectivity index (χ0) is 21.2. The highest BCUT2D eigenvalue weighted by atomic mass is 19.1. The molecule has 1 aliphatic rings. The highest BCUT2D eigenvalue weighted by Gasteiger charge is 2.25. The molecule has 0 spiro atoms. The van der Waals surface area contributed by atoms with Gasteiger partial charge >= 0.3 is 11.9 Å². The third-order valence-electron chi connectivity index (χ3n) is 4.51. The van der Waals surface area contributed by atoms with Crippen LogP contribution in [0.1, 0.15) is 24.2 Å². The third-order valence-corrected chi connectivity index (χ3v) is 4.51. The zero-order valence-corrected chi connectivity index (χ0v) is 15.7. The van der Waals surface area contributed by atoms with Crippen molar-refractivity contribution in [2.24, 2.45) is 5.92 Å². The average molecular weight is 406 g/mol. The number of hydrogen-bond donors (Lipinski definition) is 3. The lowest BCUT2D eigenvalue weighted by Gasteiger charge is -2.31. The molecule has 1 amide bonds. The Balaban J connectivity index is 0.000000438. The first-order valence-electron chi connectivity index (χ1n) is 9.09. The molecule has 1 fully saturated rings. The third kappa shape index (κ3) is 7.38. The molecule has 2 heterocycles. The number of aliphatic carboxylic acids is 2. The first-order chi connectivity index (χ1) is 13.9. The number of amides is 1. The summed E-state index contributed by atoms with van der Waals surface area (Å²) in [6.07, 6.45) is 3.21. The van der Waals surface area contributed by atoms with Gasteiger partial charge in [0.2, 0.25) is 5.91 Å². The van der Waals surface area contributed by atoms with Gasteiger partial charge in [-0.15, -0.1) is 0 Å². The number of likely N-dealkylation sites (tertiary alicyclic amines) is 1. The van der Waals surface area contributed by atoms with Crippen molar-refractivity contribution in [2.75, 3.05) is 13.1 Å². The van der Waals surface area contributed by atoms with Crippen LogP contribution in [0.15, 0.2) is 47.1 Å². The minimum absolute atomic E-state index is 0.0295. The normalized spacial score (nSPS) is 14.5. The second-order valence-electron chi connectivity index (χ2n) is 6.55. The minimum atomic E-state index is -1.82. The number of nitrogens with one attached hydrogen (secondary N) is 1. The van der Waals surface area contributed by atoms with Crippen LogP contribution in [-0.2, 0) is 27.5 Å². The number of carbonyl (C=O) groups excluding carboxylic acids is 1. The number of piperidine rings is 1. The van der Waals surface area contributed by atoms with Gasteiger partial charge in [-0.2, -0.15) is 0 Å². The molecule has 8 nitrogen and oxygen atoms in total. The molecule has 0 unspecified atom stereocenters. The molecule has 1 saturated heterocycles. The monoisotopic (exact) mass is 406 g/mol. The zero-order valence-electron chi connectivity index (χ0n) is 15.7. The fourth-order valence-electron chi connectivity index (χ4n) is 2.95. The van der Waals surface area contributed by atoms with E-state index in [1.165, 1.54) is 6.07 Å². The number of nitrogens with zero attached hydrogens (tertiary/aromatic N) is 1. The predicted molar refractivity (Wildman–Crippen MR) is 100 cm³/mol. The van der Waals surface area contributed by atoms with Crippen molar-refractivity contribution in [2.45, 2.75) is 25.9 Å². The van der Waals surface area contributed by atoms with Gasteiger partial charge in [-0.25, -0.2) is 14.0 Å². The van der Waals surface area contributed by atoms with Crippen LogP contribution < -0.4 is 5.32 Å². The summed E-state index contributed by atoms with van der Waals surface area (Å²) in [6.45, 7) is 2.66. The number of furan rings is 1. The van der Waals surface area contributed by atoms with Crippen LogP contribution in [-0.4, -0.2) is 46.0 Å². The molecule has 0 radical (unpaired) electrons. The Labute approximate surface area is 166 Å². The van der Waals surface area contributed by atoms with E-state index in [-0.39, 0.29) is 17.6 Å². The molecule has 156 valence electrons. The molecule has 3 rings (SSSR count). The summed E-state index contributed by atoms with van der Waals surface area (Å²) >= 11 is 0. The summed E-state index contributed by atoms with van der Waals surface area (Å²) < 4.78 is 18.9. The van der Waals surface area contributed by atoms with Gasteiger partial charge in [0.1, 0.15) is 11.6 Å². The molecule has 0 saturated carbocycles. The van der Waals surface area contributed by atoms with E-state index in [1.807, 2.05) is 24.3 Å². The van der Waals surface area contributed by atoms with Gasteiger partial charge in [0.05, 0.1) is 12.8 Å². The van der Waals surface area contributed by atoms with Crippen molar-refractivity contribution in [3.63, 3.8) is 0 Å². The Morgan fingerprint density at radius 1 is 1.07 bits per heavy atom. The van der Waals surface area contributed by atoms with E-state index in [9.17, 15) is 9.18 Å². The van der Waals surface area contributed by atoms with Crippen molar-refractivity contribution in [3.05, 3.63) is 59.8 Å². The van der Waals surface area contributed by atoms with Gasteiger partial charge in [-0.3, -0.25) is 9.69 Å². The average Bonchev–Trinajstić information content (AvgIpc) is 3.22. The van der Waals surface area contributed by atoms with Crippen LogP contribution in [0.2, 0.25) is 0 Å². The number of carboxylic acids is 2. The lowest BCUT2D eigenvalue weighted by molar-refractivity contribution is -0.159. The molecule has 0 aliphatic carbocycles. The number of carbonyl (C=O) groups is 3. The van der Waals surface area contributed by atoms with E-state index in [2.05, 4.69) is 10.2 Å². The maximum Gasteiger partial charge on any atom is 0.414 e. The second kappa shape index (κ2) is 11.0. The maximum absolute atomic E-state index is 13.7. The summed E-state index contributed by atoms with van der Waals surface area (Å²) in [5.74, 6) is -2.94. The molecule has 29 heavy (non-hydrogen) atoms. The van der Waals surface area contributed by atoms with Gasteiger partial charge in [-0.1, -0.05) is 18.2 Å². The summed E-state index contributed by atoms with van der Waals surface area (Å²) in [6, 6.07) is 10.5. The van der Waals surface area contributed by atoms with Crippen LogP contribution in [0, 0.1) is 11.7 Å². The van der Waals surface area contributed by atoms with Crippen molar-refractivity contribution in [1.29, 1.82) is 0 Å². The molecule has 0 atom stereocenters. The van der Waals surface area contributed by atoms with Crippen molar-refractivity contribution in [1.82, 2.24) is 10.2 Å². The second-order valence-corrected chi connectivity index (χ2v) is 6.55. The molecule has 9 heteroatoms. The SMILES string of the molecule is O=C(NCc1ccco1)C1CCN(Cc2ccccc2F)CC1.O=C(O)C(=O)O. The Morgan fingerprint density at radius 2 is 1.72 bits per heavy atom. The van der Waals surface area contributed by atoms with E-state index in [1.54, 1.807) is 12.3 Å². The molecular formula is C20H23FN2O6. The Kier molecular flexibility index (Phi) is 8.35. The fourth-order valence-corrected chi connectivity index (χ4v) is 2.95. The Morgan fingerprint density at radius 3 is 2.28 bits per heavy atom. The highest BCUT2D eigenvalue weighted by molar-refractivity contribution is 6.27. The first kappa shape index (κ1) is 22.1. The summed E-state index contributed by atoms with van der Waals surface area (Å²) in [7, 11) is 0. The quantitative estimate of drug-likeness (QED) is 0.651. The largest absolute Gasteiger partial charge is 0.473 e. The molecule has 1 aromatic heterocycles. The number of halogens is 1. The van der Waals surface area contributed by atoms with Gasteiger partial charge < -0.3 is 19.9 Å². The Bertz CT molecular complexity index is 804. The predicted octanol–water partition coefficient (Wildman–Crippen LogP) is 2.10. The highest BCUT2D eigenvalue weighted by Crippen LogP contribution is 2.20. The number of rotatable bonds is 5. The maximum atomic E-state index is 13.7. The summed E-state index contributed by atoms with van der Waals surface area (Å²) in [5.41, 5.74) is 0.716. The minimum Gasteiger partial charge on any atom is -0.473 e. The molecule has 2 aromatic rings. The molecule has 1 aromatic carbocycles. The molecular weight excluding hydrogens is 383 g/mol. The van der Waals surface area contributed by atoms with E-state index < -0.39 is 11.9 Å². The lowest BCUT2D eigenvalue weighted by atomic mass is 9.95. The van der Waals surface area contributed by atoms with Crippen molar-refractivity contribution < 1.29 is 33.4 Å². The first-order valence-corrected chi connectivity index (χ1v) is 9.09. The van der Waals surface area contributed by atoms with Crippen molar-refractivity contribution >= 4 is 17.8 Å². The van der Waals surface area contributed by atoms with Gasteiger partial charge in [-0.05, 0) is 44.1 Å². The number of carboxylic acid groups (broad SMARTS) is 2. The molecule has 1 aliphatic heterocycles. The Hall–Kier alpha value is -3.20. The van der Waals surface area contributed by atoms with E-state index in [4.69, 9.17) is 24.2 Å². The summed E-state index contributed by atoms with van der Waals surface area (Å²) in [5, 5.41) is 17.7. The van der Waals surface area contributed by atoms with Gasteiger partial charge in [0.25, 0.3) is 0 Å². The van der Waals surface area contributed by atoms with Crippen LogP contribution in [0.25, 0.3) is 0 Å². The van der Waals surface area contributed by atoms with Crippen LogP contribution in [0.3, 0.4) is 0 Å². The lowest BCUT2D eigenvalue weighted by Crippen LogP contribution is -2.40. The van der Waals surface area contributed by atoms with E-state index in [0.717, 1.165) is 31.7 Å². The smallest absolute Gasteiger partial charge is 0.414 e. The van der Waals surface area contributed by atoms with E-state index >= 15 is 0 Å². The van der Waals surface area contributed by atoms with Crippen LogP contribution in [0.5, 0.6) is 0 Å². The van der Waals surface area contributed by atoms with Crippen LogP contribution >= 0.6 is 0 Å². The number of hydrogen-bond acceptors (Lipinski definition) is 5. The standard InChI is InChI=1S/C18H21FN2O2.C2H2O4/c19-17-6-2-1-4-15(17)13-21-9-7-14(8-10-21)18(22)20-12-16-5-3-11-23-16;3-1(4)2(5)6/h1-6,11,14H,7-10,12-13H2,(H,20,22);(H,3,4)(H,5,6). The van der Waals surface area contributed by atoms with Crippen molar-refractivity contribution in [3.8, 4) is 0 Å². The fraction of sp³-hybridized carbons (Fsp3) is 0.350. The van der Waals surface area contributed by atoms with Gasteiger partial charge in [0, 0.05) is 18.0 Å². The van der Waals surface area contributed by atoms with Crippen LogP contribution in [0.4, 0.5) is 4.39 Å². The van der Waals surface area contributed by atoms with Gasteiger partial charge in [0.15, 0.2) is 0 Å². The number of benzene rings is 1. The molecule has 3 N–H and O–H groups in total. The van der Waals surface area contributed by atoms with E-state index in [0.29, 0.717) is 18.7 Å².